The van der Waals surface area contributed by atoms with Gasteiger partial charge in [-0.3, -0.25) is 4.90 Å². The minimum atomic E-state index is -0.256. The van der Waals surface area contributed by atoms with Crippen LogP contribution < -0.4 is 4.74 Å². The largest absolute Gasteiger partial charge is 0.503 e. The summed E-state index contributed by atoms with van der Waals surface area (Å²) in [5, 5.41) is 20.5. The van der Waals surface area contributed by atoms with Gasteiger partial charge in [0.15, 0.2) is 11.5 Å². The van der Waals surface area contributed by atoms with Crippen molar-refractivity contribution in [2.24, 2.45) is 5.92 Å². The number of piperidine rings is 3. The Morgan fingerprint density at radius 2 is 2.05 bits per heavy atom. The Morgan fingerprint density at radius 1 is 1.35 bits per heavy atom. The molecule has 2 unspecified atom stereocenters. The fraction of sp³-hybridized carbons (Fsp3) is 0.600. The first kappa shape index (κ1) is 14.2. The van der Waals surface area contributed by atoms with Crippen molar-refractivity contribution in [2.45, 2.75) is 31.4 Å². The summed E-state index contributed by atoms with van der Waals surface area (Å²) in [5.74, 6) is 1.04. The van der Waals surface area contributed by atoms with Gasteiger partial charge in [0.05, 0.1) is 17.7 Å². The van der Waals surface area contributed by atoms with Gasteiger partial charge in [0.1, 0.15) is 0 Å². The molecule has 5 heteroatoms. The monoisotopic (exact) mass is 341 g/mol. The molecule has 4 nitrogen and oxygen atoms in total. The lowest BCUT2D eigenvalue weighted by Gasteiger charge is -2.49. The van der Waals surface area contributed by atoms with Crippen LogP contribution in [0.25, 0.3) is 0 Å². The highest BCUT2D eigenvalue weighted by Crippen LogP contribution is 2.39. The average Bonchev–Trinajstić information content (AvgIpc) is 2.48. The standard InChI is InChI=1S/C15H20BrNO3/c1-20-12-3-2-10(13(16)15(12)19)8-11-14(18)9-4-6-17(11)7-5-9/h2-3,9,11,14,18-19H,4-8H2,1H3. The van der Waals surface area contributed by atoms with Crippen molar-refractivity contribution < 1.29 is 14.9 Å². The molecule has 0 spiro atoms. The van der Waals surface area contributed by atoms with Crippen molar-refractivity contribution in [3.63, 3.8) is 0 Å². The molecule has 1 aromatic rings. The number of nitrogens with zero attached hydrogens (tertiary/aromatic N) is 1. The smallest absolute Gasteiger partial charge is 0.172 e. The van der Waals surface area contributed by atoms with Gasteiger partial charge in [0.2, 0.25) is 0 Å². The van der Waals surface area contributed by atoms with Gasteiger partial charge in [-0.2, -0.15) is 0 Å². The number of aromatic hydroxyl groups is 1. The van der Waals surface area contributed by atoms with E-state index in [2.05, 4.69) is 20.8 Å². The highest BCUT2D eigenvalue weighted by molar-refractivity contribution is 9.10. The maximum absolute atomic E-state index is 10.4. The molecule has 4 rings (SSSR count). The van der Waals surface area contributed by atoms with E-state index in [1.54, 1.807) is 6.07 Å². The van der Waals surface area contributed by atoms with Crippen molar-refractivity contribution >= 4 is 15.9 Å². The molecule has 0 aliphatic carbocycles. The van der Waals surface area contributed by atoms with Crippen LogP contribution >= 0.6 is 15.9 Å². The van der Waals surface area contributed by atoms with Crippen LogP contribution in [0.2, 0.25) is 0 Å². The number of hydrogen-bond donors (Lipinski definition) is 2. The van der Waals surface area contributed by atoms with Gasteiger partial charge in [-0.15, -0.1) is 0 Å². The number of phenols is 1. The van der Waals surface area contributed by atoms with Crippen LogP contribution in [0.3, 0.4) is 0 Å². The topological polar surface area (TPSA) is 52.9 Å². The predicted molar refractivity (Wildman–Crippen MR) is 80.2 cm³/mol. The normalized spacial score (nSPS) is 32.4. The molecule has 110 valence electrons. The first-order valence-electron chi connectivity index (χ1n) is 7.08. The summed E-state index contributed by atoms with van der Waals surface area (Å²) in [5.41, 5.74) is 1.01. The number of phenolic OH excluding ortho intramolecular Hbond substituents is 1. The number of ether oxygens (including phenoxy) is 1. The zero-order valence-electron chi connectivity index (χ0n) is 11.6. The lowest BCUT2D eigenvalue weighted by atomic mass is 9.78. The van der Waals surface area contributed by atoms with E-state index in [1.807, 2.05) is 6.07 Å². The summed E-state index contributed by atoms with van der Waals surface area (Å²) < 4.78 is 5.77. The molecule has 2 N–H and O–H groups in total. The fourth-order valence-corrected chi connectivity index (χ4v) is 4.00. The van der Waals surface area contributed by atoms with Crippen molar-refractivity contribution in [2.75, 3.05) is 20.2 Å². The van der Waals surface area contributed by atoms with E-state index in [9.17, 15) is 10.2 Å². The number of methoxy groups -OCH3 is 1. The number of halogens is 1. The summed E-state index contributed by atoms with van der Waals surface area (Å²) in [6.45, 7) is 2.15. The second-order valence-electron chi connectivity index (χ2n) is 5.72. The van der Waals surface area contributed by atoms with Gasteiger partial charge in [-0.05, 0) is 65.8 Å². The van der Waals surface area contributed by atoms with Crippen LogP contribution in [0.4, 0.5) is 0 Å². The molecule has 1 aromatic carbocycles. The molecule has 3 saturated heterocycles. The molecule has 3 aliphatic heterocycles. The molecule has 0 amide bonds. The van der Waals surface area contributed by atoms with Gasteiger partial charge in [0, 0.05) is 6.04 Å². The summed E-state index contributed by atoms with van der Waals surface area (Å²) in [7, 11) is 1.54. The number of benzene rings is 1. The summed E-state index contributed by atoms with van der Waals surface area (Å²) in [4.78, 5) is 2.37. The molecular formula is C15H20BrNO3. The van der Waals surface area contributed by atoms with E-state index in [0.717, 1.165) is 37.9 Å². The summed E-state index contributed by atoms with van der Waals surface area (Å²) in [6, 6.07) is 3.89. The minimum absolute atomic E-state index is 0.135. The molecule has 3 heterocycles. The zero-order valence-corrected chi connectivity index (χ0v) is 13.1. The second kappa shape index (κ2) is 5.54. The molecule has 0 aromatic heterocycles. The first-order valence-corrected chi connectivity index (χ1v) is 7.87. The molecule has 3 fully saturated rings. The van der Waals surface area contributed by atoms with Crippen LogP contribution in [0.5, 0.6) is 11.5 Å². The Morgan fingerprint density at radius 3 is 2.65 bits per heavy atom. The lowest BCUT2D eigenvalue weighted by Crippen LogP contribution is -2.58. The highest BCUT2D eigenvalue weighted by Gasteiger charge is 2.41. The van der Waals surface area contributed by atoms with Gasteiger partial charge in [-0.25, -0.2) is 0 Å². The van der Waals surface area contributed by atoms with Gasteiger partial charge < -0.3 is 14.9 Å². The number of fused-ring (bicyclic) bond motifs is 3. The molecule has 2 atom stereocenters. The summed E-state index contributed by atoms with van der Waals surface area (Å²) >= 11 is 3.44. The fourth-order valence-electron chi connectivity index (χ4n) is 3.51. The Kier molecular flexibility index (Phi) is 3.93. The Balaban J connectivity index is 1.83. The number of hydrogen-bond acceptors (Lipinski definition) is 4. The number of aliphatic hydroxyl groups excluding tert-OH is 1. The third-order valence-corrected chi connectivity index (χ3v) is 5.61. The maximum atomic E-state index is 10.4. The molecule has 0 saturated carbocycles. The minimum Gasteiger partial charge on any atom is -0.503 e. The van der Waals surface area contributed by atoms with Gasteiger partial charge in [0.25, 0.3) is 0 Å². The van der Waals surface area contributed by atoms with E-state index in [1.165, 1.54) is 7.11 Å². The quantitative estimate of drug-likeness (QED) is 0.884. The molecule has 2 bridgehead atoms. The van der Waals surface area contributed by atoms with Crippen molar-refractivity contribution in [3.8, 4) is 11.5 Å². The summed E-state index contributed by atoms with van der Waals surface area (Å²) in [6.07, 6.45) is 2.70. The Bertz CT molecular complexity index is 498. The number of aliphatic hydroxyl groups is 1. The predicted octanol–water partition coefficient (Wildman–Crippen LogP) is 2.16. The van der Waals surface area contributed by atoms with Crippen molar-refractivity contribution in [1.29, 1.82) is 0 Å². The van der Waals surface area contributed by atoms with Crippen LogP contribution in [0.15, 0.2) is 16.6 Å². The SMILES string of the molecule is COc1ccc(CC2C(O)C3CCN2CC3)c(Br)c1O. The van der Waals surface area contributed by atoms with Crippen molar-refractivity contribution in [1.82, 2.24) is 4.90 Å². The maximum Gasteiger partial charge on any atom is 0.172 e. The molecule has 0 radical (unpaired) electrons. The van der Waals surface area contributed by atoms with E-state index in [0.29, 0.717) is 16.1 Å². The lowest BCUT2D eigenvalue weighted by molar-refractivity contribution is -0.0716. The van der Waals surface area contributed by atoms with Crippen LogP contribution in [-0.4, -0.2) is 47.5 Å². The van der Waals surface area contributed by atoms with Gasteiger partial charge in [-0.1, -0.05) is 6.07 Å². The Labute approximate surface area is 127 Å². The van der Waals surface area contributed by atoms with E-state index in [4.69, 9.17) is 4.74 Å². The molecule has 3 aliphatic rings. The zero-order chi connectivity index (χ0) is 14.3. The van der Waals surface area contributed by atoms with E-state index in [-0.39, 0.29) is 17.9 Å². The van der Waals surface area contributed by atoms with Crippen LogP contribution in [0, 0.1) is 5.92 Å². The number of rotatable bonds is 3. The second-order valence-corrected chi connectivity index (χ2v) is 6.52. The Hall–Kier alpha value is -0.780. The van der Waals surface area contributed by atoms with Crippen molar-refractivity contribution in [3.05, 3.63) is 22.2 Å². The average molecular weight is 342 g/mol. The third-order valence-electron chi connectivity index (χ3n) is 4.73. The molecule has 20 heavy (non-hydrogen) atoms. The van der Waals surface area contributed by atoms with E-state index < -0.39 is 0 Å². The third kappa shape index (κ3) is 2.32. The van der Waals surface area contributed by atoms with Crippen LogP contribution in [-0.2, 0) is 6.42 Å². The van der Waals surface area contributed by atoms with E-state index >= 15 is 0 Å². The molecular weight excluding hydrogens is 322 g/mol. The van der Waals surface area contributed by atoms with Gasteiger partial charge >= 0.3 is 0 Å². The highest BCUT2D eigenvalue weighted by atomic mass is 79.9. The first-order chi connectivity index (χ1) is 9.61. The van der Waals surface area contributed by atoms with Crippen LogP contribution in [0.1, 0.15) is 18.4 Å².